The zero-order valence-corrected chi connectivity index (χ0v) is 10.1. The van der Waals surface area contributed by atoms with Crippen LogP contribution in [0.25, 0.3) is 0 Å². The molecule has 1 aliphatic carbocycles. The highest BCUT2D eigenvalue weighted by molar-refractivity contribution is 5.43. The van der Waals surface area contributed by atoms with Gasteiger partial charge < -0.3 is 10.6 Å². The minimum Gasteiger partial charge on any atom is -0.383 e. The van der Waals surface area contributed by atoms with Crippen LogP contribution in [0.4, 0.5) is 10.1 Å². The fourth-order valence-corrected chi connectivity index (χ4v) is 3.05. The van der Waals surface area contributed by atoms with E-state index in [0.717, 1.165) is 30.1 Å². The number of fused-ring (bicyclic) bond motifs is 2. The van der Waals surface area contributed by atoms with Crippen LogP contribution in [-0.2, 0) is 0 Å². The SMILES string of the molecule is CC1C2CC(C2)NC1CNc1ccc(F)cc1. The number of hydrogen-bond acceptors (Lipinski definition) is 2. The molecule has 3 heteroatoms. The van der Waals surface area contributed by atoms with Crippen molar-refractivity contribution in [3.8, 4) is 0 Å². The lowest BCUT2D eigenvalue weighted by Crippen LogP contribution is -2.60. The summed E-state index contributed by atoms with van der Waals surface area (Å²) in [6.45, 7) is 3.27. The highest BCUT2D eigenvalue weighted by Crippen LogP contribution is 2.40. The van der Waals surface area contributed by atoms with E-state index in [9.17, 15) is 4.39 Å². The lowest BCUT2D eigenvalue weighted by molar-refractivity contribution is 0.0592. The Balaban J connectivity index is 1.55. The summed E-state index contributed by atoms with van der Waals surface area (Å²) in [7, 11) is 0. The molecule has 3 aliphatic rings. The Morgan fingerprint density at radius 3 is 2.65 bits per heavy atom. The Morgan fingerprint density at radius 1 is 1.29 bits per heavy atom. The molecule has 2 heterocycles. The molecular formula is C14H19FN2. The van der Waals surface area contributed by atoms with Crippen molar-refractivity contribution < 1.29 is 4.39 Å². The van der Waals surface area contributed by atoms with Crippen molar-refractivity contribution in [3.63, 3.8) is 0 Å². The van der Waals surface area contributed by atoms with E-state index < -0.39 is 0 Å². The van der Waals surface area contributed by atoms with E-state index in [1.54, 1.807) is 12.1 Å². The zero-order chi connectivity index (χ0) is 11.8. The summed E-state index contributed by atoms with van der Waals surface area (Å²) in [4.78, 5) is 0. The largest absolute Gasteiger partial charge is 0.383 e. The summed E-state index contributed by atoms with van der Waals surface area (Å²) in [6, 6.07) is 7.89. The Bertz CT molecular complexity index is 384. The number of anilines is 1. The summed E-state index contributed by atoms with van der Waals surface area (Å²) in [5.41, 5.74) is 1.000. The van der Waals surface area contributed by atoms with Gasteiger partial charge in [0.05, 0.1) is 0 Å². The van der Waals surface area contributed by atoms with Gasteiger partial charge in [-0.25, -0.2) is 4.39 Å². The van der Waals surface area contributed by atoms with Crippen LogP contribution in [0.3, 0.4) is 0 Å². The maximum absolute atomic E-state index is 12.8. The van der Waals surface area contributed by atoms with Crippen LogP contribution in [0.5, 0.6) is 0 Å². The molecule has 2 nitrogen and oxygen atoms in total. The Morgan fingerprint density at radius 2 is 2.00 bits per heavy atom. The van der Waals surface area contributed by atoms with Gasteiger partial charge >= 0.3 is 0 Å². The maximum Gasteiger partial charge on any atom is 0.123 e. The summed E-state index contributed by atoms with van der Waals surface area (Å²) in [5, 5.41) is 7.06. The summed E-state index contributed by atoms with van der Waals surface area (Å²) in [6.07, 6.45) is 2.71. The summed E-state index contributed by atoms with van der Waals surface area (Å²) < 4.78 is 12.8. The third kappa shape index (κ3) is 2.16. The molecule has 1 aromatic carbocycles. The molecule has 2 atom stereocenters. The predicted octanol–water partition coefficient (Wildman–Crippen LogP) is 2.62. The number of hydrogen-bond donors (Lipinski definition) is 2. The lowest BCUT2D eigenvalue weighted by Gasteiger charge is -2.51. The monoisotopic (exact) mass is 234 g/mol. The van der Waals surface area contributed by atoms with Crippen molar-refractivity contribution in [1.82, 2.24) is 5.32 Å². The molecule has 2 saturated heterocycles. The van der Waals surface area contributed by atoms with E-state index in [0.29, 0.717) is 6.04 Å². The Labute approximate surface area is 102 Å². The smallest absolute Gasteiger partial charge is 0.123 e. The van der Waals surface area contributed by atoms with Gasteiger partial charge in [0.2, 0.25) is 0 Å². The van der Waals surface area contributed by atoms with E-state index in [1.165, 1.54) is 25.0 Å². The highest BCUT2D eigenvalue weighted by atomic mass is 19.1. The van der Waals surface area contributed by atoms with E-state index in [-0.39, 0.29) is 5.82 Å². The minimum absolute atomic E-state index is 0.180. The number of benzene rings is 1. The van der Waals surface area contributed by atoms with Crippen molar-refractivity contribution >= 4 is 5.69 Å². The maximum atomic E-state index is 12.8. The third-order valence-corrected chi connectivity index (χ3v) is 4.37. The van der Waals surface area contributed by atoms with Crippen LogP contribution >= 0.6 is 0 Å². The molecule has 1 saturated carbocycles. The van der Waals surface area contributed by atoms with Gasteiger partial charge in [-0.3, -0.25) is 0 Å². The summed E-state index contributed by atoms with van der Waals surface area (Å²) >= 11 is 0. The van der Waals surface area contributed by atoms with Crippen molar-refractivity contribution in [2.75, 3.05) is 11.9 Å². The zero-order valence-electron chi connectivity index (χ0n) is 10.1. The average molecular weight is 234 g/mol. The van der Waals surface area contributed by atoms with Gasteiger partial charge in [-0.1, -0.05) is 6.92 Å². The molecule has 2 aliphatic heterocycles. The molecule has 92 valence electrons. The van der Waals surface area contributed by atoms with E-state index in [4.69, 9.17) is 0 Å². The number of piperidine rings is 2. The number of rotatable bonds is 3. The van der Waals surface area contributed by atoms with Gasteiger partial charge in [-0.05, 0) is 48.9 Å². The molecule has 0 amide bonds. The second kappa shape index (κ2) is 4.30. The number of nitrogens with one attached hydrogen (secondary N) is 2. The summed E-state index contributed by atoms with van der Waals surface area (Å²) in [5.74, 6) is 1.48. The molecule has 2 bridgehead atoms. The van der Waals surface area contributed by atoms with Crippen molar-refractivity contribution in [1.29, 1.82) is 0 Å². The first-order valence-corrected chi connectivity index (χ1v) is 6.48. The van der Waals surface area contributed by atoms with Crippen LogP contribution in [0.15, 0.2) is 24.3 Å². The molecular weight excluding hydrogens is 215 g/mol. The molecule has 17 heavy (non-hydrogen) atoms. The van der Waals surface area contributed by atoms with Crippen molar-refractivity contribution in [2.45, 2.75) is 31.8 Å². The van der Waals surface area contributed by atoms with Gasteiger partial charge in [0, 0.05) is 24.3 Å². The Hall–Kier alpha value is -1.09. The van der Waals surface area contributed by atoms with Crippen LogP contribution in [0.1, 0.15) is 19.8 Å². The van der Waals surface area contributed by atoms with E-state index in [2.05, 4.69) is 17.6 Å². The molecule has 4 rings (SSSR count). The fourth-order valence-electron chi connectivity index (χ4n) is 3.05. The van der Waals surface area contributed by atoms with Crippen molar-refractivity contribution in [3.05, 3.63) is 30.1 Å². The third-order valence-electron chi connectivity index (χ3n) is 4.37. The Kier molecular flexibility index (Phi) is 2.79. The van der Waals surface area contributed by atoms with Crippen LogP contribution in [0, 0.1) is 17.7 Å². The average Bonchev–Trinajstić information content (AvgIpc) is 2.28. The molecule has 1 aromatic rings. The van der Waals surface area contributed by atoms with Crippen LogP contribution < -0.4 is 10.6 Å². The second-order valence-corrected chi connectivity index (χ2v) is 5.45. The number of halogens is 1. The van der Waals surface area contributed by atoms with Crippen molar-refractivity contribution in [2.24, 2.45) is 11.8 Å². The molecule has 2 unspecified atom stereocenters. The fraction of sp³-hybridized carbons (Fsp3) is 0.571. The predicted molar refractivity (Wildman–Crippen MR) is 67.5 cm³/mol. The van der Waals surface area contributed by atoms with Gasteiger partial charge in [0.25, 0.3) is 0 Å². The van der Waals surface area contributed by atoms with E-state index in [1.807, 2.05) is 0 Å². The highest BCUT2D eigenvalue weighted by Gasteiger charge is 2.42. The van der Waals surface area contributed by atoms with E-state index >= 15 is 0 Å². The van der Waals surface area contributed by atoms with Gasteiger partial charge in [-0.2, -0.15) is 0 Å². The lowest BCUT2D eigenvalue weighted by atomic mass is 9.66. The second-order valence-electron chi connectivity index (χ2n) is 5.45. The molecule has 3 fully saturated rings. The van der Waals surface area contributed by atoms with Crippen LogP contribution in [-0.4, -0.2) is 18.6 Å². The molecule has 0 spiro atoms. The first-order chi connectivity index (χ1) is 8.22. The first kappa shape index (κ1) is 11.0. The van der Waals surface area contributed by atoms with Gasteiger partial charge in [-0.15, -0.1) is 0 Å². The quantitative estimate of drug-likeness (QED) is 0.840. The molecule has 0 aromatic heterocycles. The van der Waals surface area contributed by atoms with Crippen LogP contribution in [0.2, 0.25) is 0 Å². The first-order valence-electron chi connectivity index (χ1n) is 6.48. The normalized spacial score (nSPS) is 35.2. The minimum atomic E-state index is -0.180. The molecule has 0 radical (unpaired) electrons. The standard InChI is InChI=1S/C14H19FN2/c1-9-10-6-13(7-10)17-14(9)8-16-12-4-2-11(15)3-5-12/h2-5,9-10,13-14,16-17H,6-8H2,1H3. The van der Waals surface area contributed by atoms with Gasteiger partial charge in [0.15, 0.2) is 0 Å². The topological polar surface area (TPSA) is 24.1 Å². The molecule has 2 N–H and O–H groups in total. The van der Waals surface area contributed by atoms with Gasteiger partial charge in [0.1, 0.15) is 5.82 Å².